The average Bonchev–Trinajstić information content (AvgIpc) is 2.86. The predicted octanol–water partition coefficient (Wildman–Crippen LogP) is 3.77. The fraction of sp³-hybridized carbons (Fsp3) is 0.412. The molecule has 25 heavy (non-hydrogen) atoms. The van der Waals surface area contributed by atoms with Crippen LogP contribution in [0.3, 0.4) is 0 Å². The number of fused-ring (bicyclic) bond motifs is 1. The van der Waals surface area contributed by atoms with E-state index in [4.69, 9.17) is 11.6 Å². The second-order valence-corrected chi connectivity index (χ2v) is 6.90. The summed E-state index contributed by atoms with van der Waals surface area (Å²) in [6, 6.07) is 4.23. The van der Waals surface area contributed by atoms with Gasteiger partial charge in [-0.3, -0.25) is 9.78 Å². The molecule has 2 aromatic rings. The lowest BCUT2D eigenvalue weighted by Gasteiger charge is -2.17. The third-order valence-corrected chi connectivity index (χ3v) is 4.56. The Hall–Kier alpha value is -1.99. The van der Waals surface area contributed by atoms with E-state index in [-0.39, 0.29) is 24.1 Å². The van der Waals surface area contributed by atoms with E-state index in [2.05, 4.69) is 15.0 Å². The smallest absolute Gasteiger partial charge is 0.387 e. The molecule has 1 aliphatic rings. The second kappa shape index (κ2) is 6.72. The first-order chi connectivity index (χ1) is 11.7. The van der Waals surface area contributed by atoms with Gasteiger partial charge in [-0.25, -0.2) is 0 Å². The van der Waals surface area contributed by atoms with Gasteiger partial charge in [0.1, 0.15) is 5.75 Å². The predicted molar refractivity (Wildman–Crippen MR) is 91.2 cm³/mol. The minimum atomic E-state index is -2.98. The molecule has 0 bridgehead atoms. The van der Waals surface area contributed by atoms with Crippen molar-refractivity contribution < 1.29 is 24.8 Å². The van der Waals surface area contributed by atoms with Crippen molar-refractivity contribution in [1.82, 2.24) is 10.3 Å². The van der Waals surface area contributed by atoms with Crippen LogP contribution in [0.2, 0.25) is 5.02 Å². The van der Waals surface area contributed by atoms with Crippen LogP contribution in [0, 0.1) is 0 Å². The van der Waals surface area contributed by atoms with Crippen molar-refractivity contribution in [2.45, 2.75) is 44.4 Å². The molecule has 1 aliphatic carbocycles. The summed E-state index contributed by atoms with van der Waals surface area (Å²) in [4.78, 5) is 16.5. The number of nitrogens with one attached hydrogen (secondary N) is 1. The lowest BCUT2D eigenvalue weighted by atomic mass is 10.1. The molecule has 2 unspecified atom stereocenters. The van der Waals surface area contributed by atoms with Crippen LogP contribution >= 0.6 is 11.6 Å². The molecule has 2 atom stereocenters. The lowest BCUT2D eigenvalue weighted by molar-refractivity contribution is -0.0497. The number of nitrogens with zero attached hydrogens (tertiary/aromatic N) is 1. The summed E-state index contributed by atoms with van der Waals surface area (Å²) in [6.45, 7) is -1.23. The van der Waals surface area contributed by atoms with Crippen molar-refractivity contribution in [1.29, 1.82) is 0 Å². The number of halogens is 3. The van der Waals surface area contributed by atoms with Crippen LogP contribution in [0.5, 0.6) is 5.75 Å². The van der Waals surface area contributed by atoms with E-state index in [0.29, 0.717) is 35.7 Å². The van der Waals surface area contributed by atoms with E-state index in [1.807, 2.05) is 0 Å². The largest absolute Gasteiger partial charge is 0.433 e. The summed E-state index contributed by atoms with van der Waals surface area (Å²) in [5, 5.41) is 13.4. The fourth-order valence-electron chi connectivity index (χ4n) is 3.05. The number of aliphatic hydroxyl groups is 1. The standard InChI is InChI=1S/C17H17ClF2N2O3.H2/c1-17(24)3-2-11(7-17)22-15(23)10-4-9-5-12(18)14(25-16(19)20)6-13(9)21-8-10;/h4-6,8,11,16,24H,2-3,7H2,1H3,(H,22,23);1H. The molecule has 0 aliphatic heterocycles. The molecule has 2 N–H and O–H groups in total. The topological polar surface area (TPSA) is 71.5 Å². The Morgan fingerprint density at radius 1 is 1.52 bits per heavy atom. The maximum atomic E-state index is 12.4. The Labute approximate surface area is 149 Å². The molecule has 3 rings (SSSR count). The third kappa shape index (κ3) is 4.16. The number of benzene rings is 1. The summed E-state index contributed by atoms with van der Waals surface area (Å²) in [6.07, 6.45) is 3.21. The number of ether oxygens (including phenoxy) is 1. The Bertz CT molecular complexity index is 820. The molecule has 136 valence electrons. The molecule has 8 heteroatoms. The van der Waals surface area contributed by atoms with Gasteiger partial charge in [-0.05, 0) is 38.3 Å². The highest BCUT2D eigenvalue weighted by Crippen LogP contribution is 2.31. The average molecular weight is 373 g/mol. The van der Waals surface area contributed by atoms with Gasteiger partial charge in [0.2, 0.25) is 0 Å². The number of rotatable bonds is 4. The van der Waals surface area contributed by atoms with Crippen LogP contribution in [-0.4, -0.2) is 34.3 Å². The third-order valence-electron chi connectivity index (χ3n) is 4.27. The molecule has 1 amide bonds. The highest BCUT2D eigenvalue weighted by molar-refractivity contribution is 6.32. The van der Waals surface area contributed by atoms with Crippen molar-refractivity contribution in [3.05, 3.63) is 35.0 Å². The number of amides is 1. The number of hydrogen-bond acceptors (Lipinski definition) is 4. The van der Waals surface area contributed by atoms with Gasteiger partial charge in [-0.1, -0.05) is 11.6 Å². The number of pyridine rings is 1. The zero-order chi connectivity index (χ0) is 18.2. The minimum Gasteiger partial charge on any atom is -0.433 e. The van der Waals surface area contributed by atoms with Crippen molar-refractivity contribution in [3.8, 4) is 5.75 Å². The van der Waals surface area contributed by atoms with Crippen LogP contribution in [-0.2, 0) is 0 Å². The normalized spacial score (nSPS) is 23.2. The first kappa shape index (κ1) is 17.8. The van der Waals surface area contributed by atoms with Crippen LogP contribution in [0.1, 0.15) is 38.0 Å². The van der Waals surface area contributed by atoms with Gasteiger partial charge in [0.15, 0.2) is 0 Å². The van der Waals surface area contributed by atoms with E-state index in [9.17, 15) is 18.7 Å². The van der Waals surface area contributed by atoms with Gasteiger partial charge in [-0.15, -0.1) is 0 Å². The second-order valence-electron chi connectivity index (χ2n) is 6.49. The first-order valence-electron chi connectivity index (χ1n) is 7.81. The summed E-state index contributed by atoms with van der Waals surface area (Å²) >= 11 is 5.93. The van der Waals surface area contributed by atoms with Gasteiger partial charge in [0.05, 0.1) is 21.7 Å². The highest BCUT2D eigenvalue weighted by Gasteiger charge is 2.33. The summed E-state index contributed by atoms with van der Waals surface area (Å²) in [5.41, 5.74) is -0.0353. The molecule has 1 saturated carbocycles. The number of carbonyl (C=O) groups excluding carboxylic acids is 1. The van der Waals surface area contributed by atoms with E-state index in [0.717, 1.165) is 0 Å². The fourth-order valence-corrected chi connectivity index (χ4v) is 3.27. The maximum absolute atomic E-state index is 12.4. The molecule has 1 heterocycles. The number of hydrogen-bond donors (Lipinski definition) is 2. The van der Waals surface area contributed by atoms with E-state index in [1.165, 1.54) is 18.3 Å². The van der Waals surface area contributed by atoms with Crippen molar-refractivity contribution >= 4 is 28.4 Å². The molecule has 0 spiro atoms. The van der Waals surface area contributed by atoms with Crippen molar-refractivity contribution in [2.75, 3.05) is 0 Å². The molecule has 5 nitrogen and oxygen atoms in total. The molecule has 1 aromatic carbocycles. The highest BCUT2D eigenvalue weighted by atomic mass is 35.5. The Balaban J connectivity index is 0.00000243. The van der Waals surface area contributed by atoms with Gasteiger partial charge in [0, 0.05) is 25.1 Å². The molecule has 1 fully saturated rings. The monoisotopic (exact) mass is 372 g/mol. The maximum Gasteiger partial charge on any atom is 0.387 e. The molecule has 1 aromatic heterocycles. The number of aromatic nitrogens is 1. The van der Waals surface area contributed by atoms with Crippen LogP contribution in [0.25, 0.3) is 10.9 Å². The summed E-state index contributed by atoms with van der Waals surface area (Å²) < 4.78 is 29.0. The number of carbonyl (C=O) groups is 1. The Morgan fingerprint density at radius 2 is 2.28 bits per heavy atom. The van der Waals surface area contributed by atoms with Gasteiger partial charge < -0.3 is 15.2 Å². The van der Waals surface area contributed by atoms with Gasteiger partial charge in [0.25, 0.3) is 5.91 Å². The Kier molecular flexibility index (Phi) is 4.79. The van der Waals surface area contributed by atoms with Crippen molar-refractivity contribution in [2.24, 2.45) is 0 Å². The van der Waals surface area contributed by atoms with Crippen LogP contribution in [0.15, 0.2) is 24.4 Å². The molecular formula is C17H19ClF2N2O3. The molecular weight excluding hydrogens is 354 g/mol. The van der Waals surface area contributed by atoms with Crippen LogP contribution < -0.4 is 10.1 Å². The summed E-state index contributed by atoms with van der Waals surface area (Å²) in [7, 11) is 0. The Morgan fingerprint density at radius 3 is 2.92 bits per heavy atom. The minimum absolute atomic E-state index is 0. The SMILES string of the molecule is CC1(O)CCC(NC(=O)c2cnc3cc(OC(F)F)c(Cl)cc3c2)C1.[HH]. The summed E-state index contributed by atoms with van der Waals surface area (Å²) in [5.74, 6) is -0.469. The van der Waals surface area contributed by atoms with Crippen molar-refractivity contribution in [3.63, 3.8) is 0 Å². The van der Waals surface area contributed by atoms with Gasteiger partial charge in [-0.2, -0.15) is 8.78 Å². The molecule has 0 radical (unpaired) electrons. The van der Waals surface area contributed by atoms with E-state index in [1.54, 1.807) is 13.0 Å². The zero-order valence-electron chi connectivity index (χ0n) is 13.4. The quantitative estimate of drug-likeness (QED) is 0.857. The first-order valence-corrected chi connectivity index (χ1v) is 8.19. The van der Waals surface area contributed by atoms with E-state index < -0.39 is 12.2 Å². The number of alkyl halides is 2. The van der Waals surface area contributed by atoms with Gasteiger partial charge >= 0.3 is 6.61 Å². The lowest BCUT2D eigenvalue weighted by Crippen LogP contribution is -2.34. The molecule has 0 saturated heterocycles. The van der Waals surface area contributed by atoms with E-state index >= 15 is 0 Å². The zero-order valence-corrected chi connectivity index (χ0v) is 14.2. The van der Waals surface area contributed by atoms with Crippen LogP contribution in [0.4, 0.5) is 8.78 Å².